The third-order valence-corrected chi connectivity index (χ3v) is 3.43. The molecule has 2 heterocycles. The van der Waals surface area contributed by atoms with E-state index in [-0.39, 0.29) is 18.6 Å². The maximum absolute atomic E-state index is 12.0. The van der Waals surface area contributed by atoms with Gasteiger partial charge in [0, 0.05) is 12.6 Å². The monoisotopic (exact) mass is 377 g/mol. The predicted octanol–water partition coefficient (Wildman–Crippen LogP) is -1.79. The Hall–Kier alpha value is -2.62. The summed E-state index contributed by atoms with van der Waals surface area (Å²) in [6.07, 6.45) is -6.98. The van der Waals surface area contributed by atoms with Crippen molar-refractivity contribution < 1.29 is 32.9 Å². The van der Waals surface area contributed by atoms with Gasteiger partial charge >= 0.3 is 17.8 Å². The number of nitrogens with zero attached hydrogens (tertiary/aromatic N) is 1. The van der Waals surface area contributed by atoms with Gasteiger partial charge in [0.2, 0.25) is 0 Å². The number of carbonyl (C=O) groups excluding carboxylic acids is 1. The second kappa shape index (κ2) is 7.73. The molecule has 3 atom stereocenters. The summed E-state index contributed by atoms with van der Waals surface area (Å²) in [7, 11) is 0. The van der Waals surface area contributed by atoms with Crippen LogP contribution >= 0.6 is 0 Å². The molecular formula is C14H14F3N3O6. The molecule has 9 nitrogen and oxygen atoms in total. The SMILES string of the molecule is O=C(NCC#Cc1cn([C@@H]2O[C@H](CO)C[C@H]2O)c(=O)[nH]c1=O)C(F)(F)F. The molecule has 0 radical (unpaired) electrons. The van der Waals surface area contributed by atoms with Gasteiger partial charge in [-0.1, -0.05) is 11.8 Å². The smallest absolute Gasteiger partial charge is 0.394 e. The molecule has 1 aromatic rings. The van der Waals surface area contributed by atoms with Gasteiger partial charge in [0.05, 0.1) is 19.3 Å². The first-order valence-electron chi connectivity index (χ1n) is 7.27. The van der Waals surface area contributed by atoms with E-state index in [0.29, 0.717) is 0 Å². The van der Waals surface area contributed by atoms with E-state index in [1.165, 1.54) is 5.32 Å². The van der Waals surface area contributed by atoms with Crippen molar-refractivity contribution in [1.29, 1.82) is 0 Å². The summed E-state index contributed by atoms with van der Waals surface area (Å²) in [5, 5.41) is 20.4. The van der Waals surface area contributed by atoms with Crippen LogP contribution in [0, 0.1) is 11.8 Å². The number of aliphatic hydroxyl groups is 2. The fourth-order valence-corrected chi connectivity index (χ4v) is 2.23. The predicted molar refractivity (Wildman–Crippen MR) is 78.9 cm³/mol. The summed E-state index contributed by atoms with van der Waals surface area (Å²) in [6.45, 7) is -1.05. The van der Waals surface area contributed by atoms with Gasteiger partial charge in [0.25, 0.3) is 5.56 Å². The number of carbonyl (C=O) groups is 1. The van der Waals surface area contributed by atoms with E-state index in [2.05, 4.69) is 11.8 Å². The molecular weight excluding hydrogens is 363 g/mol. The lowest BCUT2D eigenvalue weighted by atomic mass is 10.2. The molecule has 1 aliphatic heterocycles. The van der Waals surface area contributed by atoms with Crippen molar-refractivity contribution in [2.45, 2.75) is 31.0 Å². The van der Waals surface area contributed by atoms with Gasteiger partial charge in [-0.3, -0.25) is 19.1 Å². The number of nitrogens with one attached hydrogen (secondary N) is 2. The van der Waals surface area contributed by atoms with E-state index in [1.807, 2.05) is 4.98 Å². The lowest BCUT2D eigenvalue weighted by Gasteiger charge is -2.17. The van der Waals surface area contributed by atoms with Crippen LogP contribution in [-0.2, 0) is 9.53 Å². The molecule has 4 N–H and O–H groups in total. The first kappa shape index (κ1) is 19.7. The summed E-state index contributed by atoms with van der Waals surface area (Å²) in [5.41, 5.74) is -2.07. The summed E-state index contributed by atoms with van der Waals surface area (Å²) >= 11 is 0. The number of H-pyrrole nitrogens is 1. The second-order valence-electron chi connectivity index (χ2n) is 5.33. The van der Waals surface area contributed by atoms with Crippen LogP contribution in [0.25, 0.3) is 0 Å². The van der Waals surface area contributed by atoms with Crippen molar-refractivity contribution in [2.75, 3.05) is 13.2 Å². The topological polar surface area (TPSA) is 134 Å². The summed E-state index contributed by atoms with van der Waals surface area (Å²) < 4.78 is 42.2. The standard InChI is InChI=1S/C14H14F3N3O6/c15-14(16,17)12(24)18-3-1-2-7-5-20(13(25)19-10(7)23)11-9(22)4-8(6-21)26-11/h5,8-9,11,21-22H,3-4,6H2,(H,18,24)(H,19,23,25)/t8-,9+,11+/m0/s1. The van der Waals surface area contributed by atoms with Crippen molar-refractivity contribution in [3.05, 3.63) is 32.6 Å². The highest BCUT2D eigenvalue weighted by Gasteiger charge is 2.38. The number of amides is 1. The molecule has 1 aliphatic rings. The summed E-state index contributed by atoms with van der Waals surface area (Å²) in [6, 6.07) is 0. The van der Waals surface area contributed by atoms with Crippen LogP contribution in [0.2, 0.25) is 0 Å². The third-order valence-electron chi connectivity index (χ3n) is 3.43. The minimum Gasteiger partial charge on any atom is -0.394 e. The zero-order valence-corrected chi connectivity index (χ0v) is 13.0. The van der Waals surface area contributed by atoms with Crippen LogP contribution < -0.4 is 16.6 Å². The third kappa shape index (κ3) is 4.51. The first-order chi connectivity index (χ1) is 12.1. The molecule has 0 bridgehead atoms. The molecule has 0 saturated carbocycles. The molecule has 1 fully saturated rings. The van der Waals surface area contributed by atoms with Gasteiger partial charge in [-0.2, -0.15) is 13.2 Å². The molecule has 0 spiro atoms. The summed E-state index contributed by atoms with van der Waals surface area (Å²) in [5.74, 6) is 2.20. The molecule has 26 heavy (non-hydrogen) atoms. The van der Waals surface area contributed by atoms with Crippen LogP contribution in [0.5, 0.6) is 0 Å². The zero-order chi connectivity index (χ0) is 19.5. The number of aliphatic hydroxyl groups excluding tert-OH is 2. The first-order valence-corrected chi connectivity index (χ1v) is 7.27. The van der Waals surface area contributed by atoms with E-state index < -0.39 is 48.3 Å². The molecule has 1 aromatic heterocycles. The van der Waals surface area contributed by atoms with E-state index >= 15 is 0 Å². The Morgan fingerprint density at radius 2 is 2.15 bits per heavy atom. The number of hydrogen-bond acceptors (Lipinski definition) is 6. The lowest BCUT2D eigenvalue weighted by Crippen LogP contribution is -2.37. The summed E-state index contributed by atoms with van der Waals surface area (Å²) in [4.78, 5) is 36.2. The Morgan fingerprint density at radius 3 is 2.73 bits per heavy atom. The van der Waals surface area contributed by atoms with Crippen LogP contribution in [0.15, 0.2) is 15.8 Å². The number of alkyl halides is 3. The average Bonchev–Trinajstić information content (AvgIpc) is 2.93. The Labute approximate surface area is 143 Å². The number of rotatable bonds is 3. The van der Waals surface area contributed by atoms with E-state index in [0.717, 1.165) is 10.8 Å². The maximum Gasteiger partial charge on any atom is 0.471 e. The highest BCUT2D eigenvalue weighted by atomic mass is 19.4. The molecule has 0 unspecified atom stereocenters. The number of hydrogen-bond donors (Lipinski definition) is 4. The van der Waals surface area contributed by atoms with Crippen LogP contribution in [0.3, 0.4) is 0 Å². The van der Waals surface area contributed by atoms with Gasteiger partial charge in [0.15, 0.2) is 6.23 Å². The molecule has 0 aliphatic carbocycles. The fraction of sp³-hybridized carbons (Fsp3) is 0.500. The highest BCUT2D eigenvalue weighted by Crippen LogP contribution is 2.27. The van der Waals surface area contributed by atoms with Gasteiger partial charge in [-0.15, -0.1) is 0 Å². The van der Waals surface area contributed by atoms with Gasteiger partial charge in [-0.25, -0.2) is 4.79 Å². The van der Waals surface area contributed by atoms with Crippen LogP contribution in [0.4, 0.5) is 13.2 Å². The molecule has 0 aromatic carbocycles. The van der Waals surface area contributed by atoms with Gasteiger partial charge in [0.1, 0.15) is 11.7 Å². The largest absolute Gasteiger partial charge is 0.471 e. The number of halogens is 3. The zero-order valence-electron chi connectivity index (χ0n) is 13.0. The quantitative estimate of drug-likeness (QED) is 0.460. The normalized spacial score (nSPS) is 22.6. The second-order valence-corrected chi connectivity index (χ2v) is 5.33. The molecule has 12 heteroatoms. The number of aromatic amines is 1. The minimum absolute atomic E-state index is 0.0667. The molecule has 142 valence electrons. The Balaban J connectivity index is 2.19. The Morgan fingerprint density at radius 1 is 1.46 bits per heavy atom. The van der Waals surface area contributed by atoms with Crippen LogP contribution in [0.1, 0.15) is 18.2 Å². The Kier molecular flexibility index (Phi) is 5.86. The minimum atomic E-state index is -5.05. The van der Waals surface area contributed by atoms with Crippen molar-refractivity contribution in [1.82, 2.24) is 14.9 Å². The Bertz CT molecular complexity index is 850. The fourth-order valence-electron chi connectivity index (χ4n) is 2.23. The highest BCUT2D eigenvalue weighted by molar-refractivity contribution is 5.81. The van der Waals surface area contributed by atoms with Crippen molar-refractivity contribution in [3.8, 4) is 11.8 Å². The van der Waals surface area contributed by atoms with E-state index in [1.54, 1.807) is 0 Å². The average molecular weight is 377 g/mol. The molecule has 1 saturated heterocycles. The van der Waals surface area contributed by atoms with Gasteiger partial charge < -0.3 is 20.3 Å². The van der Waals surface area contributed by atoms with Crippen molar-refractivity contribution >= 4 is 5.91 Å². The number of aromatic nitrogens is 2. The maximum atomic E-state index is 12.0. The van der Waals surface area contributed by atoms with Crippen LogP contribution in [-0.4, -0.2) is 57.2 Å². The van der Waals surface area contributed by atoms with E-state index in [9.17, 15) is 32.7 Å². The van der Waals surface area contributed by atoms with Crippen molar-refractivity contribution in [3.63, 3.8) is 0 Å². The van der Waals surface area contributed by atoms with Crippen molar-refractivity contribution in [2.24, 2.45) is 0 Å². The molecule has 1 amide bonds. The number of ether oxygens (including phenoxy) is 1. The molecule has 2 rings (SSSR count). The van der Waals surface area contributed by atoms with E-state index in [4.69, 9.17) is 9.84 Å². The lowest BCUT2D eigenvalue weighted by molar-refractivity contribution is -0.173. The van der Waals surface area contributed by atoms with Gasteiger partial charge in [-0.05, 0) is 0 Å².